The normalized spacial score (nSPS) is 10.5. The van der Waals surface area contributed by atoms with Gasteiger partial charge in [-0.05, 0) is 36.6 Å². The quantitative estimate of drug-likeness (QED) is 0.669. The summed E-state index contributed by atoms with van der Waals surface area (Å²) in [4.78, 5) is 26.5. The Labute approximate surface area is 146 Å². The fourth-order valence-electron chi connectivity index (χ4n) is 2.92. The maximum absolute atomic E-state index is 13.1. The molecular formula is C21H19NO3. The second-order valence-electron chi connectivity index (χ2n) is 5.62. The molecule has 3 aromatic rings. The number of anilines is 1. The lowest BCUT2D eigenvalue weighted by Gasteiger charge is -2.23. The van der Waals surface area contributed by atoms with Crippen molar-refractivity contribution in [3.05, 3.63) is 77.9 Å². The van der Waals surface area contributed by atoms with Crippen LogP contribution in [0.4, 0.5) is 5.69 Å². The number of rotatable bonds is 4. The molecule has 0 fully saturated rings. The Morgan fingerprint density at radius 3 is 2.36 bits per heavy atom. The molecule has 0 spiro atoms. The van der Waals surface area contributed by atoms with Crippen molar-refractivity contribution in [2.75, 3.05) is 18.6 Å². The summed E-state index contributed by atoms with van der Waals surface area (Å²) in [6.45, 7) is 2.46. The molecule has 126 valence electrons. The van der Waals surface area contributed by atoms with Gasteiger partial charge in [-0.15, -0.1) is 0 Å². The average molecular weight is 333 g/mol. The number of esters is 1. The number of methoxy groups -OCH3 is 1. The van der Waals surface area contributed by atoms with Gasteiger partial charge in [0, 0.05) is 17.5 Å². The van der Waals surface area contributed by atoms with Gasteiger partial charge < -0.3 is 9.64 Å². The van der Waals surface area contributed by atoms with Crippen LogP contribution in [-0.2, 0) is 4.74 Å². The van der Waals surface area contributed by atoms with Crippen LogP contribution in [0.15, 0.2) is 66.7 Å². The Morgan fingerprint density at radius 2 is 1.60 bits per heavy atom. The fourth-order valence-corrected chi connectivity index (χ4v) is 2.92. The second-order valence-corrected chi connectivity index (χ2v) is 5.62. The number of benzene rings is 3. The van der Waals surface area contributed by atoms with Crippen LogP contribution in [0.1, 0.15) is 27.6 Å². The molecule has 0 radical (unpaired) electrons. The molecule has 0 saturated heterocycles. The van der Waals surface area contributed by atoms with E-state index < -0.39 is 5.97 Å². The number of ether oxygens (including phenoxy) is 1. The van der Waals surface area contributed by atoms with Crippen molar-refractivity contribution in [1.82, 2.24) is 0 Å². The van der Waals surface area contributed by atoms with E-state index in [1.54, 1.807) is 29.2 Å². The predicted octanol–water partition coefficient (Wildman–Crippen LogP) is 4.29. The van der Waals surface area contributed by atoms with Crippen molar-refractivity contribution in [3.8, 4) is 0 Å². The zero-order chi connectivity index (χ0) is 17.8. The van der Waals surface area contributed by atoms with Crippen molar-refractivity contribution >= 4 is 28.3 Å². The molecule has 0 aromatic heterocycles. The summed E-state index contributed by atoms with van der Waals surface area (Å²) >= 11 is 0. The summed E-state index contributed by atoms with van der Waals surface area (Å²) < 4.78 is 4.74. The van der Waals surface area contributed by atoms with Crippen LogP contribution in [0.25, 0.3) is 10.8 Å². The molecule has 0 aliphatic heterocycles. The van der Waals surface area contributed by atoms with Gasteiger partial charge in [0.2, 0.25) is 0 Å². The van der Waals surface area contributed by atoms with E-state index in [1.165, 1.54) is 7.11 Å². The Balaban J connectivity index is 2.03. The van der Waals surface area contributed by atoms with E-state index >= 15 is 0 Å². The fraction of sp³-hybridized carbons (Fsp3) is 0.143. The van der Waals surface area contributed by atoms with Gasteiger partial charge in [0.15, 0.2) is 0 Å². The third kappa shape index (κ3) is 3.24. The maximum atomic E-state index is 13.1. The van der Waals surface area contributed by atoms with Crippen LogP contribution in [-0.4, -0.2) is 25.5 Å². The topological polar surface area (TPSA) is 46.6 Å². The first-order valence-corrected chi connectivity index (χ1v) is 8.13. The first kappa shape index (κ1) is 16.7. The number of hydrogen-bond acceptors (Lipinski definition) is 3. The van der Waals surface area contributed by atoms with E-state index in [4.69, 9.17) is 4.74 Å². The highest BCUT2D eigenvalue weighted by atomic mass is 16.5. The van der Waals surface area contributed by atoms with E-state index in [0.29, 0.717) is 17.7 Å². The minimum Gasteiger partial charge on any atom is -0.465 e. The van der Waals surface area contributed by atoms with Crippen molar-refractivity contribution in [2.24, 2.45) is 0 Å². The van der Waals surface area contributed by atoms with Crippen LogP contribution < -0.4 is 4.90 Å². The van der Waals surface area contributed by atoms with Gasteiger partial charge in [0.25, 0.3) is 5.91 Å². The van der Waals surface area contributed by atoms with Crippen molar-refractivity contribution < 1.29 is 14.3 Å². The van der Waals surface area contributed by atoms with Crippen LogP contribution in [0.2, 0.25) is 0 Å². The first-order chi connectivity index (χ1) is 12.2. The lowest BCUT2D eigenvalue weighted by Crippen LogP contribution is -2.31. The molecule has 25 heavy (non-hydrogen) atoms. The summed E-state index contributed by atoms with van der Waals surface area (Å²) in [5.41, 5.74) is 1.68. The highest BCUT2D eigenvalue weighted by Gasteiger charge is 2.19. The van der Waals surface area contributed by atoms with Gasteiger partial charge >= 0.3 is 5.97 Å². The number of nitrogens with zero attached hydrogens (tertiary/aromatic N) is 1. The van der Waals surface area contributed by atoms with Gasteiger partial charge in [-0.1, -0.05) is 42.5 Å². The molecule has 3 aromatic carbocycles. The first-order valence-electron chi connectivity index (χ1n) is 8.13. The molecule has 0 heterocycles. The van der Waals surface area contributed by atoms with Crippen LogP contribution in [0, 0.1) is 0 Å². The summed E-state index contributed by atoms with van der Waals surface area (Å²) in [5.74, 6) is -0.604. The molecule has 0 bridgehead atoms. The van der Waals surface area contributed by atoms with Gasteiger partial charge in [0.1, 0.15) is 0 Å². The molecule has 3 rings (SSSR count). The summed E-state index contributed by atoms with van der Waals surface area (Å²) in [5, 5.41) is 2.10. The third-order valence-corrected chi connectivity index (χ3v) is 4.15. The average Bonchev–Trinajstić information content (AvgIpc) is 2.68. The number of carbonyl (C=O) groups is 2. The highest BCUT2D eigenvalue weighted by molar-refractivity contribution is 6.11. The summed E-state index contributed by atoms with van der Waals surface area (Å²) in [6.07, 6.45) is 0. The summed E-state index contributed by atoms with van der Waals surface area (Å²) in [7, 11) is 1.32. The zero-order valence-electron chi connectivity index (χ0n) is 14.2. The number of hydrogen-bond donors (Lipinski definition) is 0. The summed E-state index contributed by atoms with van der Waals surface area (Å²) in [6, 6.07) is 20.5. The Hall–Kier alpha value is -3.14. The van der Waals surface area contributed by atoms with E-state index in [9.17, 15) is 9.59 Å². The Kier molecular flexibility index (Phi) is 4.80. The van der Waals surface area contributed by atoms with Crippen LogP contribution in [0.3, 0.4) is 0 Å². The van der Waals surface area contributed by atoms with Gasteiger partial charge in [-0.3, -0.25) is 4.79 Å². The smallest absolute Gasteiger partial charge is 0.337 e. The molecule has 0 N–H and O–H groups in total. The zero-order valence-corrected chi connectivity index (χ0v) is 14.2. The molecule has 4 nitrogen and oxygen atoms in total. The van der Waals surface area contributed by atoms with Crippen molar-refractivity contribution in [2.45, 2.75) is 6.92 Å². The lowest BCUT2D eigenvalue weighted by atomic mass is 10.1. The predicted molar refractivity (Wildman–Crippen MR) is 99.1 cm³/mol. The van der Waals surface area contributed by atoms with E-state index in [1.807, 2.05) is 49.4 Å². The SMILES string of the molecule is CCN(C(=O)c1cccc(C(=O)OC)c1)c1cccc2ccccc12. The van der Waals surface area contributed by atoms with Crippen LogP contribution >= 0.6 is 0 Å². The number of amides is 1. The molecule has 0 aliphatic carbocycles. The Morgan fingerprint density at radius 1 is 0.920 bits per heavy atom. The minimum atomic E-state index is -0.456. The number of carbonyl (C=O) groups excluding carboxylic acids is 2. The van der Waals surface area contributed by atoms with Gasteiger partial charge in [-0.2, -0.15) is 0 Å². The monoisotopic (exact) mass is 333 g/mol. The number of fused-ring (bicyclic) bond motifs is 1. The molecular weight excluding hydrogens is 314 g/mol. The largest absolute Gasteiger partial charge is 0.465 e. The lowest BCUT2D eigenvalue weighted by molar-refractivity contribution is 0.0600. The van der Waals surface area contributed by atoms with Crippen molar-refractivity contribution in [1.29, 1.82) is 0 Å². The van der Waals surface area contributed by atoms with Crippen LogP contribution in [0.5, 0.6) is 0 Å². The molecule has 0 aliphatic rings. The molecule has 0 atom stereocenters. The molecule has 4 heteroatoms. The standard InChI is InChI=1S/C21H19NO3/c1-3-22(19-13-7-9-15-8-4-5-12-18(15)19)20(23)16-10-6-11-17(14-16)21(24)25-2/h4-14H,3H2,1-2H3. The minimum absolute atomic E-state index is 0.149. The van der Waals surface area contributed by atoms with Gasteiger partial charge in [0.05, 0.1) is 18.4 Å². The Bertz CT molecular complexity index is 928. The molecule has 0 saturated carbocycles. The highest BCUT2D eigenvalue weighted by Crippen LogP contribution is 2.28. The van der Waals surface area contributed by atoms with Gasteiger partial charge in [-0.25, -0.2) is 4.79 Å². The van der Waals surface area contributed by atoms with E-state index in [0.717, 1.165) is 16.5 Å². The van der Waals surface area contributed by atoms with E-state index in [-0.39, 0.29) is 5.91 Å². The second kappa shape index (κ2) is 7.18. The molecule has 0 unspecified atom stereocenters. The third-order valence-electron chi connectivity index (χ3n) is 4.15. The van der Waals surface area contributed by atoms with Crippen molar-refractivity contribution in [3.63, 3.8) is 0 Å². The van der Waals surface area contributed by atoms with E-state index in [2.05, 4.69) is 0 Å². The molecule has 1 amide bonds. The maximum Gasteiger partial charge on any atom is 0.337 e.